The molecular formula is C46H55N7O11. The summed E-state index contributed by atoms with van der Waals surface area (Å²) in [6.07, 6.45) is 17.0. The number of nitrogens with zero attached hydrogens (tertiary/aromatic N) is 3. The van der Waals surface area contributed by atoms with Gasteiger partial charge in [0.05, 0.1) is 0 Å². The van der Waals surface area contributed by atoms with Gasteiger partial charge in [0.25, 0.3) is 0 Å². The second-order valence-corrected chi connectivity index (χ2v) is 15.8. The number of benzene rings is 1. The van der Waals surface area contributed by atoms with Gasteiger partial charge in [-0.3, -0.25) is 38.4 Å². The van der Waals surface area contributed by atoms with Crippen LogP contribution in [0.15, 0.2) is 103 Å². The number of cyclic esters (lactones) is 1. The van der Waals surface area contributed by atoms with Crippen molar-refractivity contribution in [1.82, 2.24) is 36.0 Å². The van der Waals surface area contributed by atoms with Gasteiger partial charge in [0, 0.05) is 51.6 Å². The molecular weight excluding hydrogens is 827 g/mol. The molecule has 64 heavy (non-hydrogen) atoms. The van der Waals surface area contributed by atoms with Gasteiger partial charge >= 0.3 is 5.97 Å². The highest BCUT2D eigenvalue weighted by atomic mass is 16.5. The standard InChI is InChI=1S/C46H55N7O11/c1-29-43(60)53-26-16-20-35(53)46(63)64-28-33(44(61)52-25-15-19-34(52)45(62)51(3)30(2)41(58)47-29)49-42(59)32(27-31-17-11-10-12-18-31)48-38(56)21-13-8-6-4-5-7-9-14-22-39(57)50-40-36(54)23-24-37(40)55/h4-14,17-18,21-22,29-30,32-35,54H,15-16,19-20,23-28H2,1-3H3,(H,47,58)(H,48,56)(H,49,59)(H,50,57)/b5-4+,8-6+,9-7+,21-13+,22-14+/t29-,30-,32-,33?,34-,35-/m0/s1. The third-order valence-corrected chi connectivity index (χ3v) is 11.3. The molecule has 3 aliphatic heterocycles. The van der Waals surface area contributed by atoms with E-state index in [4.69, 9.17) is 4.74 Å². The molecule has 18 nitrogen and oxygen atoms in total. The van der Waals surface area contributed by atoms with Gasteiger partial charge in [-0.05, 0) is 45.1 Å². The SMILES string of the molecule is C[C@@H]1NC(=O)[C@H](C)N(C)C(=O)[C@@H]2CCCN2C(=O)C(NC(=O)[C@H](Cc2ccccc2)NC(=O)/C=C/C=C/C=C/C=C/C=C/C(=O)NC2=C(O)CCC2=O)COC(=O)[C@@H]2CCCN2C1=O. The lowest BCUT2D eigenvalue weighted by Gasteiger charge is -2.34. The van der Waals surface area contributed by atoms with E-state index in [9.17, 15) is 48.3 Å². The summed E-state index contributed by atoms with van der Waals surface area (Å²) in [6, 6.07) is 2.21. The van der Waals surface area contributed by atoms with Crippen LogP contribution in [0.25, 0.3) is 0 Å². The van der Waals surface area contributed by atoms with E-state index in [0.717, 1.165) is 0 Å². The van der Waals surface area contributed by atoms with Crippen molar-refractivity contribution in [3.8, 4) is 0 Å². The van der Waals surface area contributed by atoms with Crippen molar-refractivity contribution in [2.75, 3.05) is 26.7 Å². The van der Waals surface area contributed by atoms with E-state index in [1.54, 1.807) is 66.8 Å². The van der Waals surface area contributed by atoms with Crippen LogP contribution in [0.2, 0.25) is 0 Å². The lowest BCUT2D eigenvalue weighted by Crippen LogP contribution is -2.60. The van der Waals surface area contributed by atoms with E-state index < -0.39 is 90.2 Å². The van der Waals surface area contributed by atoms with E-state index >= 15 is 0 Å². The number of ketones is 1. The fraction of sp³-hybridized carbons (Fsp3) is 0.413. The number of nitrogens with one attached hydrogen (secondary N) is 4. The molecule has 3 saturated heterocycles. The van der Waals surface area contributed by atoms with Gasteiger partial charge in [-0.2, -0.15) is 0 Å². The largest absolute Gasteiger partial charge is 0.510 e. The molecule has 0 spiro atoms. The summed E-state index contributed by atoms with van der Waals surface area (Å²) in [7, 11) is 1.44. The summed E-state index contributed by atoms with van der Waals surface area (Å²) in [5.74, 6) is -5.50. The molecule has 0 bridgehead atoms. The Balaban J connectivity index is 1.27. The Labute approximate surface area is 371 Å². The van der Waals surface area contributed by atoms with Crippen LogP contribution in [0.3, 0.4) is 0 Å². The number of carbonyl (C=O) groups excluding carboxylic acids is 9. The number of rotatable bonds is 12. The first-order chi connectivity index (χ1) is 30.7. The molecule has 1 unspecified atom stereocenters. The maximum absolute atomic E-state index is 14.3. The van der Waals surface area contributed by atoms with Crippen LogP contribution in [0, 0.1) is 0 Å². The van der Waals surface area contributed by atoms with Gasteiger partial charge in [0.2, 0.25) is 41.4 Å². The van der Waals surface area contributed by atoms with Crippen molar-refractivity contribution in [2.45, 2.75) is 95.0 Å². The number of likely N-dealkylation sites (N-methyl/N-ethyl adjacent to an activating group) is 1. The van der Waals surface area contributed by atoms with Gasteiger partial charge < -0.3 is 45.8 Å². The lowest BCUT2D eigenvalue weighted by atomic mass is 10.0. The number of hydrogen-bond acceptors (Lipinski definition) is 11. The summed E-state index contributed by atoms with van der Waals surface area (Å²) in [5, 5.41) is 20.1. The van der Waals surface area contributed by atoms with Crippen LogP contribution < -0.4 is 21.3 Å². The number of amides is 7. The number of esters is 1. The summed E-state index contributed by atoms with van der Waals surface area (Å²) in [6.45, 7) is 2.79. The number of allylic oxidation sites excluding steroid dienone is 10. The first-order valence-corrected chi connectivity index (χ1v) is 21.3. The number of Topliss-reactive ketones (excluding diaryl/α,β-unsaturated/α-hetero) is 1. The number of aliphatic hydroxyl groups is 1. The van der Waals surface area contributed by atoms with Crippen LogP contribution in [0.4, 0.5) is 0 Å². The number of ether oxygens (including phenoxy) is 1. The molecule has 7 amide bonds. The minimum absolute atomic E-state index is 0.0271. The molecule has 0 aromatic heterocycles. The first kappa shape index (κ1) is 47.9. The van der Waals surface area contributed by atoms with Crippen LogP contribution in [-0.2, 0) is 54.3 Å². The fourth-order valence-corrected chi connectivity index (χ4v) is 7.62. The van der Waals surface area contributed by atoms with Crippen molar-refractivity contribution in [2.24, 2.45) is 0 Å². The quantitative estimate of drug-likeness (QED) is 0.113. The van der Waals surface area contributed by atoms with E-state index in [1.165, 1.54) is 59.9 Å². The Morgan fingerprint density at radius 3 is 2.02 bits per heavy atom. The molecule has 18 heteroatoms. The van der Waals surface area contributed by atoms with Crippen LogP contribution in [0.5, 0.6) is 0 Å². The maximum Gasteiger partial charge on any atom is 0.328 e. The summed E-state index contributed by atoms with van der Waals surface area (Å²) < 4.78 is 5.66. The van der Waals surface area contributed by atoms with Crippen LogP contribution >= 0.6 is 0 Å². The molecule has 1 aromatic rings. The van der Waals surface area contributed by atoms with Crippen LogP contribution in [0.1, 0.15) is 57.9 Å². The average Bonchev–Trinajstić information content (AvgIpc) is 4.05. The average molecular weight is 882 g/mol. The Morgan fingerprint density at radius 1 is 0.797 bits per heavy atom. The van der Waals surface area contributed by atoms with Crippen LogP contribution in [-0.4, -0.2) is 136 Å². The molecule has 3 heterocycles. The summed E-state index contributed by atoms with van der Waals surface area (Å²) in [5.41, 5.74) is 0.617. The zero-order valence-corrected chi connectivity index (χ0v) is 36.1. The summed E-state index contributed by atoms with van der Waals surface area (Å²) >= 11 is 0. The Kier molecular flexibility index (Phi) is 17.1. The topological polar surface area (TPSA) is 241 Å². The molecule has 3 fully saturated rings. The number of fused-ring (bicyclic) bond motifs is 2. The maximum atomic E-state index is 14.3. The monoisotopic (exact) mass is 881 g/mol. The molecule has 340 valence electrons. The molecule has 0 saturated carbocycles. The van der Waals surface area contributed by atoms with Crippen molar-refractivity contribution >= 4 is 53.1 Å². The smallest absolute Gasteiger partial charge is 0.328 e. The van der Waals surface area contributed by atoms with Gasteiger partial charge in [-0.1, -0.05) is 78.9 Å². The second-order valence-electron chi connectivity index (χ2n) is 15.8. The molecule has 5 rings (SSSR count). The molecule has 0 radical (unpaired) electrons. The minimum atomic E-state index is -1.48. The Morgan fingerprint density at radius 2 is 1.39 bits per heavy atom. The minimum Gasteiger partial charge on any atom is -0.510 e. The van der Waals surface area contributed by atoms with Gasteiger partial charge in [-0.15, -0.1) is 0 Å². The van der Waals surface area contributed by atoms with Crippen molar-refractivity contribution in [3.63, 3.8) is 0 Å². The van der Waals surface area contributed by atoms with Gasteiger partial charge in [0.1, 0.15) is 54.3 Å². The third kappa shape index (κ3) is 12.7. The Hall–Kier alpha value is -7.11. The highest BCUT2D eigenvalue weighted by Crippen LogP contribution is 2.24. The second kappa shape index (κ2) is 22.8. The predicted octanol–water partition coefficient (Wildman–Crippen LogP) is 1.12. The predicted molar refractivity (Wildman–Crippen MR) is 232 cm³/mol. The number of aliphatic hydroxyl groups excluding tert-OH is 1. The zero-order chi connectivity index (χ0) is 46.3. The molecule has 1 aliphatic carbocycles. The normalized spacial score (nSPS) is 24.6. The fourth-order valence-electron chi connectivity index (χ4n) is 7.62. The molecule has 6 atom stereocenters. The van der Waals surface area contributed by atoms with E-state index in [1.807, 2.05) is 0 Å². The number of hydrogen-bond donors (Lipinski definition) is 5. The molecule has 4 aliphatic rings. The van der Waals surface area contributed by atoms with Crippen molar-refractivity contribution in [1.29, 1.82) is 0 Å². The molecule has 5 N–H and O–H groups in total. The van der Waals surface area contributed by atoms with Gasteiger partial charge in [-0.25, -0.2) is 4.79 Å². The lowest BCUT2D eigenvalue weighted by molar-refractivity contribution is -0.158. The van der Waals surface area contributed by atoms with Crippen molar-refractivity contribution < 1.29 is 53.0 Å². The first-order valence-electron chi connectivity index (χ1n) is 21.3. The molecule has 1 aromatic carbocycles. The van der Waals surface area contributed by atoms with E-state index in [-0.39, 0.29) is 62.4 Å². The number of carbonyl (C=O) groups is 9. The zero-order valence-electron chi connectivity index (χ0n) is 36.1. The Bertz CT molecular complexity index is 2160. The van der Waals surface area contributed by atoms with Gasteiger partial charge in [0.15, 0.2) is 5.78 Å². The summed E-state index contributed by atoms with van der Waals surface area (Å²) in [4.78, 5) is 123. The third-order valence-electron chi connectivity index (χ3n) is 11.3. The van der Waals surface area contributed by atoms with E-state index in [0.29, 0.717) is 18.4 Å². The van der Waals surface area contributed by atoms with E-state index in [2.05, 4.69) is 21.3 Å². The highest BCUT2D eigenvalue weighted by molar-refractivity contribution is 6.03. The highest BCUT2D eigenvalue weighted by Gasteiger charge is 2.43. The van der Waals surface area contributed by atoms with Crippen molar-refractivity contribution in [3.05, 3.63) is 108 Å².